The predicted molar refractivity (Wildman–Crippen MR) is 133 cm³/mol. The van der Waals surface area contributed by atoms with Crippen LogP contribution < -0.4 is 10.7 Å². The van der Waals surface area contributed by atoms with Gasteiger partial charge in [-0.25, -0.2) is 4.79 Å². The first-order valence-corrected chi connectivity index (χ1v) is 11.7. The molecule has 0 aliphatic heterocycles. The Balaban J connectivity index is 1.90. The summed E-state index contributed by atoms with van der Waals surface area (Å²) in [4.78, 5) is 12.7. The Kier molecular flexibility index (Phi) is 7.10. The summed E-state index contributed by atoms with van der Waals surface area (Å²) in [6, 6.07) is 9.91. The van der Waals surface area contributed by atoms with Crippen LogP contribution in [0.25, 0.3) is 17.7 Å². The lowest BCUT2D eigenvalue weighted by atomic mass is 10.0. The Morgan fingerprint density at radius 2 is 2.09 bits per heavy atom. The number of rotatable bonds is 8. The summed E-state index contributed by atoms with van der Waals surface area (Å²) in [6.07, 6.45) is 19.4. The number of carbonyl (C=O) groups excluding carboxylic acids is 1. The van der Waals surface area contributed by atoms with Crippen LogP contribution in [0.5, 0.6) is 0 Å². The van der Waals surface area contributed by atoms with Crippen LogP contribution in [-0.4, -0.2) is 17.6 Å². The van der Waals surface area contributed by atoms with Crippen LogP contribution in [0.4, 0.5) is 0 Å². The zero-order valence-corrected chi connectivity index (χ0v) is 19.4. The first-order chi connectivity index (χ1) is 16.2. The van der Waals surface area contributed by atoms with Crippen molar-refractivity contribution in [2.24, 2.45) is 0 Å². The molecule has 4 heteroatoms. The van der Waals surface area contributed by atoms with E-state index in [1.165, 1.54) is 38.4 Å². The van der Waals surface area contributed by atoms with E-state index in [1.54, 1.807) is 0 Å². The smallest absolute Gasteiger partial charge is 0.339 e. The van der Waals surface area contributed by atoms with Crippen molar-refractivity contribution in [3.05, 3.63) is 87.1 Å². The highest BCUT2D eigenvalue weighted by atomic mass is 16.5. The zero-order valence-electron chi connectivity index (χ0n) is 19.4. The van der Waals surface area contributed by atoms with Crippen LogP contribution in [0.2, 0.25) is 0 Å². The second-order valence-corrected chi connectivity index (χ2v) is 8.59. The number of allylic oxidation sites excluding steroid dienone is 4. The number of unbranched alkanes of at least 4 members (excludes halogenated alkanes) is 3. The summed E-state index contributed by atoms with van der Waals surface area (Å²) in [7, 11) is 1.43. The summed E-state index contributed by atoms with van der Waals surface area (Å²) >= 11 is 0. The molecule has 0 fully saturated rings. The minimum atomic E-state index is -0.328. The van der Waals surface area contributed by atoms with Crippen LogP contribution in [-0.2, 0) is 22.5 Å². The fourth-order valence-electron chi connectivity index (χ4n) is 4.70. The van der Waals surface area contributed by atoms with Crippen LogP contribution in [0.3, 0.4) is 0 Å². The second kappa shape index (κ2) is 10.4. The van der Waals surface area contributed by atoms with Crippen LogP contribution >= 0.6 is 0 Å². The van der Waals surface area contributed by atoms with Gasteiger partial charge in [0.1, 0.15) is 0 Å². The maximum atomic E-state index is 12.7. The van der Waals surface area contributed by atoms with Gasteiger partial charge in [0.05, 0.1) is 29.7 Å². The van der Waals surface area contributed by atoms with Crippen molar-refractivity contribution in [1.29, 1.82) is 5.26 Å². The van der Waals surface area contributed by atoms with E-state index < -0.39 is 0 Å². The maximum absolute atomic E-state index is 12.7. The highest BCUT2D eigenvalue weighted by molar-refractivity contribution is 6.14. The molecule has 4 rings (SSSR count). The van der Waals surface area contributed by atoms with Crippen molar-refractivity contribution in [3.8, 4) is 6.07 Å². The molecule has 0 unspecified atom stereocenters. The van der Waals surface area contributed by atoms with Gasteiger partial charge in [-0.1, -0.05) is 62.6 Å². The molecule has 0 amide bonds. The highest BCUT2D eigenvalue weighted by Gasteiger charge is 2.22. The molecule has 0 radical (unpaired) electrons. The lowest BCUT2D eigenvalue weighted by Gasteiger charge is -2.12. The minimum Gasteiger partial charge on any atom is -0.465 e. The number of hydrogen-bond donors (Lipinski definition) is 0. The Morgan fingerprint density at radius 3 is 2.88 bits per heavy atom. The van der Waals surface area contributed by atoms with Gasteiger partial charge in [0, 0.05) is 17.5 Å². The first kappa shape index (κ1) is 22.6. The second-order valence-electron chi connectivity index (χ2n) is 8.59. The largest absolute Gasteiger partial charge is 0.465 e. The van der Waals surface area contributed by atoms with Crippen LogP contribution in [0, 0.1) is 11.3 Å². The van der Waals surface area contributed by atoms with Gasteiger partial charge < -0.3 is 9.30 Å². The summed E-state index contributed by atoms with van der Waals surface area (Å²) in [5, 5.41) is 11.4. The Bertz CT molecular complexity index is 1310. The SMILES string of the molecule is CCCCCCC1=CC=Cc2c3c(n(Cc4cccc(C#N)c4)c2=C1)=C(C(=O)OC)C=CC3. The molecule has 0 saturated heterocycles. The minimum absolute atomic E-state index is 0.328. The lowest BCUT2D eigenvalue weighted by Crippen LogP contribution is -2.33. The molecule has 0 bridgehead atoms. The molecule has 0 N–H and O–H groups in total. The van der Waals surface area contributed by atoms with E-state index in [-0.39, 0.29) is 5.97 Å². The number of benzene rings is 1. The van der Waals surface area contributed by atoms with Gasteiger partial charge in [-0.2, -0.15) is 5.26 Å². The van der Waals surface area contributed by atoms with E-state index in [0.717, 1.165) is 40.2 Å². The third-order valence-corrected chi connectivity index (χ3v) is 6.33. The number of esters is 1. The van der Waals surface area contributed by atoms with Crippen LogP contribution in [0.15, 0.2) is 54.1 Å². The molecule has 2 aliphatic carbocycles. The molecule has 4 nitrogen and oxygen atoms in total. The molecule has 0 saturated carbocycles. The van der Waals surface area contributed by atoms with Gasteiger partial charge in [-0.15, -0.1) is 0 Å². The number of hydrogen-bond acceptors (Lipinski definition) is 3. The molecule has 1 heterocycles. The standard InChI is InChI=1S/C29H30N2O2/c1-3-4-5-6-10-21-11-8-14-24-25-15-9-16-26(29(32)33-2)28(25)31(27(24)18-21)20-23-13-7-12-22(17-23)19-30/h7-9,11-14,16-18H,3-6,10,15,20H2,1-2H3. The van der Waals surface area contributed by atoms with Crippen molar-refractivity contribution in [2.75, 3.05) is 7.11 Å². The number of nitrogens with zero attached hydrogens (tertiary/aromatic N) is 2. The van der Waals surface area contributed by atoms with Crippen molar-refractivity contribution in [1.82, 2.24) is 4.57 Å². The fourth-order valence-corrected chi connectivity index (χ4v) is 4.70. The molecule has 1 aromatic carbocycles. The molecule has 33 heavy (non-hydrogen) atoms. The first-order valence-electron chi connectivity index (χ1n) is 11.7. The normalized spacial score (nSPS) is 14.0. The van der Waals surface area contributed by atoms with Gasteiger partial charge in [0.2, 0.25) is 0 Å². The molecule has 2 aromatic rings. The van der Waals surface area contributed by atoms with E-state index in [9.17, 15) is 10.1 Å². The molecule has 0 spiro atoms. The number of fused-ring (bicyclic) bond motifs is 3. The average molecular weight is 439 g/mol. The van der Waals surface area contributed by atoms with Crippen molar-refractivity contribution in [2.45, 2.75) is 52.0 Å². The summed E-state index contributed by atoms with van der Waals surface area (Å²) in [5.74, 6) is -0.328. The van der Waals surface area contributed by atoms with E-state index in [0.29, 0.717) is 17.7 Å². The Morgan fingerprint density at radius 1 is 1.21 bits per heavy atom. The zero-order chi connectivity index (χ0) is 23.2. The fraction of sp³-hybridized carbons (Fsp3) is 0.310. The topological polar surface area (TPSA) is 55.0 Å². The number of methoxy groups -OCH3 is 1. The Labute approximate surface area is 195 Å². The maximum Gasteiger partial charge on any atom is 0.339 e. The van der Waals surface area contributed by atoms with Crippen molar-refractivity contribution >= 4 is 23.7 Å². The predicted octanol–water partition coefficient (Wildman–Crippen LogP) is 4.55. The van der Waals surface area contributed by atoms with Gasteiger partial charge in [-0.3, -0.25) is 0 Å². The van der Waals surface area contributed by atoms with Crippen molar-refractivity contribution in [3.63, 3.8) is 0 Å². The number of nitriles is 1. The van der Waals surface area contributed by atoms with Crippen LogP contribution in [0.1, 0.15) is 61.3 Å². The molecule has 168 valence electrons. The van der Waals surface area contributed by atoms with Crippen molar-refractivity contribution < 1.29 is 9.53 Å². The summed E-state index contributed by atoms with van der Waals surface area (Å²) in [5.41, 5.74) is 5.86. The summed E-state index contributed by atoms with van der Waals surface area (Å²) < 4.78 is 7.35. The van der Waals surface area contributed by atoms with Gasteiger partial charge in [0.25, 0.3) is 0 Å². The quantitative estimate of drug-likeness (QED) is 0.449. The van der Waals surface area contributed by atoms with E-state index in [2.05, 4.69) is 41.9 Å². The molecular weight excluding hydrogens is 408 g/mol. The number of aromatic nitrogens is 1. The van der Waals surface area contributed by atoms with E-state index in [1.807, 2.05) is 36.4 Å². The average Bonchev–Trinajstić information content (AvgIpc) is 2.99. The molecular formula is C29H30N2O2. The monoisotopic (exact) mass is 438 g/mol. The summed E-state index contributed by atoms with van der Waals surface area (Å²) in [6.45, 7) is 2.81. The Hall–Kier alpha value is -3.58. The molecule has 0 atom stereocenters. The van der Waals surface area contributed by atoms with Gasteiger partial charge >= 0.3 is 5.97 Å². The highest BCUT2D eigenvalue weighted by Crippen LogP contribution is 2.19. The van der Waals surface area contributed by atoms with E-state index in [4.69, 9.17) is 4.74 Å². The third-order valence-electron chi connectivity index (χ3n) is 6.33. The van der Waals surface area contributed by atoms with Gasteiger partial charge in [0.15, 0.2) is 0 Å². The number of ether oxygens (including phenoxy) is 1. The lowest BCUT2D eigenvalue weighted by molar-refractivity contribution is -0.133. The molecule has 2 aliphatic rings. The van der Waals surface area contributed by atoms with E-state index >= 15 is 0 Å². The number of carbonyl (C=O) groups is 1. The molecule has 1 aromatic heterocycles. The third kappa shape index (κ3) is 4.78. The van der Waals surface area contributed by atoms with Gasteiger partial charge in [-0.05, 0) is 60.2 Å².